The SMILES string of the molecule is CCNC(Cc1nc(C)c(C)s1)c1ccccc1Cl. The molecule has 1 unspecified atom stereocenters. The van der Waals surface area contributed by atoms with Gasteiger partial charge >= 0.3 is 0 Å². The Bertz CT molecular complexity index is 531. The van der Waals surface area contributed by atoms with E-state index < -0.39 is 0 Å². The molecule has 2 aromatic rings. The average molecular weight is 295 g/mol. The maximum Gasteiger partial charge on any atom is 0.0949 e. The Balaban J connectivity index is 2.23. The normalized spacial score (nSPS) is 12.6. The number of benzene rings is 1. The lowest BCUT2D eigenvalue weighted by molar-refractivity contribution is 0.548. The summed E-state index contributed by atoms with van der Waals surface area (Å²) in [5, 5.41) is 5.48. The molecule has 0 aliphatic carbocycles. The number of likely N-dealkylation sites (N-methyl/N-ethyl adjacent to an activating group) is 1. The summed E-state index contributed by atoms with van der Waals surface area (Å²) in [7, 11) is 0. The number of hydrogen-bond acceptors (Lipinski definition) is 3. The lowest BCUT2D eigenvalue weighted by atomic mass is 10.0. The summed E-state index contributed by atoms with van der Waals surface area (Å²) in [6, 6.07) is 8.25. The van der Waals surface area contributed by atoms with E-state index in [2.05, 4.69) is 37.1 Å². The van der Waals surface area contributed by atoms with Gasteiger partial charge in [-0.05, 0) is 32.0 Å². The minimum Gasteiger partial charge on any atom is -0.310 e. The quantitative estimate of drug-likeness (QED) is 0.889. The molecule has 19 heavy (non-hydrogen) atoms. The Morgan fingerprint density at radius 1 is 1.32 bits per heavy atom. The van der Waals surface area contributed by atoms with Gasteiger partial charge in [0.15, 0.2) is 0 Å². The third kappa shape index (κ3) is 3.56. The van der Waals surface area contributed by atoms with Crippen LogP contribution in [0.1, 0.15) is 34.1 Å². The second kappa shape index (κ2) is 6.51. The highest BCUT2D eigenvalue weighted by atomic mass is 35.5. The van der Waals surface area contributed by atoms with Crippen LogP contribution >= 0.6 is 22.9 Å². The molecule has 0 amide bonds. The van der Waals surface area contributed by atoms with Gasteiger partial charge < -0.3 is 5.32 Å². The van der Waals surface area contributed by atoms with Gasteiger partial charge in [0, 0.05) is 22.4 Å². The van der Waals surface area contributed by atoms with Gasteiger partial charge in [-0.2, -0.15) is 0 Å². The second-order valence-electron chi connectivity index (χ2n) is 4.59. The highest BCUT2D eigenvalue weighted by Gasteiger charge is 2.16. The Morgan fingerprint density at radius 3 is 2.63 bits per heavy atom. The van der Waals surface area contributed by atoms with E-state index in [1.54, 1.807) is 11.3 Å². The van der Waals surface area contributed by atoms with Crippen LogP contribution in [-0.2, 0) is 6.42 Å². The van der Waals surface area contributed by atoms with Crippen LogP contribution in [0.4, 0.5) is 0 Å². The number of nitrogens with zero attached hydrogens (tertiary/aromatic N) is 1. The van der Waals surface area contributed by atoms with E-state index in [-0.39, 0.29) is 6.04 Å². The monoisotopic (exact) mass is 294 g/mol. The lowest BCUT2D eigenvalue weighted by Crippen LogP contribution is -2.23. The summed E-state index contributed by atoms with van der Waals surface area (Å²) in [6.45, 7) is 7.21. The van der Waals surface area contributed by atoms with Gasteiger partial charge in [0.2, 0.25) is 0 Å². The minimum absolute atomic E-state index is 0.226. The largest absolute Gasteiger partial charge is 0.310 e. The predicted octanol–water partition coefficient (Wildman–Crippen LogP) is 4.31. The van der Waals surface area contributed by atoms with Crippen LogP contribution in [0.3, 0.4) is 0 Å². The summed E-state index contributed by atoms with van der Waals surface area (Å²) in [5.74, 6) is 0. The van der Waals surface area contributed by atoms with Crippen LogP contribution in [0, 0.1) is 13.8 Å². The van der Waals surface area contributed by atoms with E-state index in [0.717, 1.165) is 29.2 Å². The summed E-state index contributed by atoms with van der Waals surface area (Å²) < 4.78 is 0. The van der Waals surface area contributed by atoms with Crippen molar-refractivity contribution in [3.8, 4) is 0 Å². The highest BCUT2D eigenvalue weighted by molar-refractivity contribution is 7.11. The van der Waals surface area contributed by atoms with Crippen molar-refractivity contribution in [1.29, 1.82) is 0 Å². The summed E-state index contributed by atoms with van der Waals surface area (Å²) in [4.78, 5) is 5.92. The molecule has 1 atom stereocenters. The molecular weight excluding hydrogens is 276 g/mol. The minimum atomic E-state index is 0.226. The summed E-state index contributed by atoms with van der Waals surface area (Å²) in [5.41, 5.74) is 2.28. The summed E-state index contributed by atoms with van der Waals surface area (Å²) in [6.07, 6.45) is 0.886. The van der Waals surface area contributed by atoms with Crippen molar-refractivity contribution in [3.63, 3.8) is 0 Å². The first-order chi connectivity index (χ1) is 9.11. The second-order valence-corrected chi connectivity index (χ2v) is 6.28. The van der Waals surface area contributed by atoms with Gasteiger partial charge in [-0.3, -0.25) is 0 Å². The van der Waals surface area contributed by atoms with Crippen molar-refractivity contribution in [2.45, 2.75) is 33.2 Å². The number of nitrogens with one attached hydrogen (secondary N) is 1. The van der Waals surface area contributed by atoms with Crippen molar-refractivity contribution in [2.75, 3.05) is 6.54 Å². The Hall–Kier alpha value is -0.900. The molecule has 2 nitrogen and oxygen atoms in total. The topological polar surface area (TPSA) is 24.9 Å². The third-order valence-electron chi connectivity index (χ3n) is 3.18. The van der Waals surface area contributed by atoms with Crippen molar-refractivity contribution >= 4 is 22.9 Å². The molecule has 0 radical (unpaired) electrons. The fraction of sp³-hybridized carbons (Fsp3) is 0.400. The molecule has 0 fully saturated rings. The lowest BCUT2D eigenvalue weighted by Gasteiger charge is -2.18. The van der Waals surface area contributed by atoms with Crippen LogP contribution < -0.4 is 5.32 Å². The molecule has 0 aliphatic heterocycles. The number of thiazole rings is 1. The van der Waals surface area contributed by atoms with Gasteiger partial charge in [-0.25, -0.2) is 4.98 Å². The van der Waals surface area contributed by atoms with Crippen LogP contribution in [0.15, 0.2) is 24.3 Å². The van der Waals surface area contributed by atoms with Crippen LogP contribution in [0.2, 0.25) is 5.02 Å². The molecule has 4 heteroatoms. The maximum atomic E-state index is 6.30. The van der Waals surface area contributed by atoms with Gasteiger partial charge in [0.25, 0.3) is 0 Å². The maximum absolute atomic E-state index is 6.30. The zero-order valence-corrected chi connectivity index (χ0v) is 13.1. The fourth-order valence-corrected chi connectivity index (χ4v) is 3.34. The molecule has 2 rings (SSSR count). The Kier molecular flexibility index (Phi) is 4.97. The molecule has 102 valence electrons. The van der Waals surface area contributed by atoms with E-state index >= 15 is 0 Å². The van der Waals surface area contributed by atoms with E-state index in [1.165, 1.54) is 9.88 Å². The van der Waals surface area contributed by atoms with E-state index in [0.29, 0.717) is 0 Å². The molecular formula is C15H19ClN2S. The van der Waals surface area contributed by atoms with E-state index in [4.69, 9.17) is 11.6 Å². The van der Waals surface area contributed by atoms with Gasteiger partial charge in [0.1, 0.15) is 0 Å². The molecule has 0 saturated carbocycles. The fourth-order valence-electron chi connectivity index (χ4n) is 2.10. The number of aromatic nitrogens is 1. The van der Waals surface area contributed by atoms with Crippen LogP contribution in [0.25, 0.3) is 0 Å². The molecule has 0 bridgehead atoms. The molecule has 0 aliphatic rings. The first kappa shape index (κ1) is 14.5. The Morgan fingerprint density at radius 2 is 2.05 bits per heavy atom. The standard InChI is InChI=1S/C15H19ClN2S/c1-4-17-14(12-7-5-6-8-13(12)16)9-15-18-10(2)11(3)19-15/h5-8,14,17H,4,9H2,1-3H3. The van der Waals surface area contributed by atoms with Crippen LogP contribution in [-0.4, -0.2) is 11.5 Å². The number of hydrogen-bond donors (Lipinski definition) is 1. The predicted molar refractivity (Wildman–Crippen MR) is 83.2 cm³/mol. The molecule has 1 aromatic carbocycles. The number of rotatable bonds is 5. The zero-order valence-electron chi connectivity index (χ0n) is 11.5. The van der Waals surface area contributed by atoms with Crippen molar-refractivity contribution in [2.24, 2.45) is 0 Å². The molecule has 1 N–H and O–H groups in total. The van der Waals surface area contributed by atoms with Crippen molar-refractivity contribution in [3.05, 3.63) is 50.4 Å². The third-order valence-corrected chi connectivity index (χ3v) is 4.62. The molecule has 0 saturated heterocycles. The molecule has 1 heterocycles. The van der Waals surface area contributed by atoms with Gasteiger partial charge in [-0.1, -0.05) is 36.7 Å². The zero-order chi connectivity index (χ0) is 13.8. The number of aryl methyl sites for hydroxylation is 2. The molecule has 1 aromatic heterocycles. The molecule has 0 spiro atoms. The Labute approximate surface area is 123 Å². The first-order valence-electron chi connectivity index (χ1n) is 6.52. The van der Waals surface area contributed by atoms with E-state index in [1.807, 2.05) is 18.2 Å². The highest BCUT2D eigenvalue weighted by Crippen LogP contribution is 2.27. The van der Waals surface area contributed by atoms with Crippen LogP contribution in [0.5, 0.6) is 0 Å². The summed E-state index contributed by atoms with van der Waals surface area (Å²) >= 11 is 8.08. The van der Waals surface area contributed by atoms with Crippen molar-refractivity contribution < 1.29 is 0 Å². The average Bonchev–Trinajstić information content (AvgIpc) is 2.68. The van der Waals surface area contributed by atoms with Gasteiger partial charge in [-0.15, -0.1) is 11.3 Å². The van der Waals surface area contributed by atoms with Crippen molar-refractivity contribution in [1.82, 2.24) is 10.3 Å². The van der Waals surface area contributed by atoms with Gasteiger partial charge in [0.05, 0.1) is 10.7 Å². The number of halogens is 1. The van der Waals surface area contributed by atoms with E-state index in [9.17, 15) is 0 Å². The smallest absolute Gasteiger partial charge is 0.0949 e. The first-order valence-corrected chi connectivity index (χ1v) is 7.72.